The van der Waals surface area contributed by atoms with Gasteiger partial charge in [-0.3, -0.25) is 0 Å². The molecule has 9 fully saturated rings. The fourth-order valence-corrected chi connectivity index (χ4v) is 17.5. The maximum Gasteiger partial charge on any atom is 0.187 e. The third-order valence-electron chi connectivity index (χ3n) is 22.3. The van der Waals surface area contributed by atoms with Crippen molar-refractivity contribution >= 4 is 0 Å². The molecule has 21 heteroatoms. The zero-order valence-electron chi connectivity index (χ0n) is 44.5. The van der Waals surface area contributed by atoms with E-state index in [0.29, 0.717) is 18.8 Å². The first kappa shape index (κ1) is 57.1. The van der Waals surface area contributed by atoms with Gasteiger partial charge in [-0.1, -0.05) is 53.7 Å². The fourth-order valence-electron chi connectivity index (χ4n) is 17.5. The molecular weight excluding hydrogens is 985 g/mol. The third-order valence-corrected chi connectivity index (χ3v) is 22.3. The van der Waals surface area contributed by atoms with Crippen LogP contribution in [0.15, 0.2) is 12.2 Å². The molecule has 0 amide bonds. The summed E-state index contributed by atoms with van der Waals surface area (Å²) in [4.78, 5) is 0. The maximum absolute atomic E-state index is 11.8. The number of aliphatic hydroxyl groups excluding tert-OH is 13. The Balaban J connectivity index is 0.932. The molecule has 30 atom stereocenters. The number of ether oxygens (including phenoxy) is 8. The van der Waals surface area contributed by atoms with Crippen molar-refractivity contribution < 1.29 is 104 Å². The summed E-state index contributed by atoms with van der Waals surface area (Å²) >= 11 is 0. The van der Waals surface area contributed by atoms with E-state index in [1.165, 1.54) is 19.8 Å². The van der Waals surface area contributed by atoms with Crippen LogP contribution >= 0.6 is 0 Å². The molecule has 13 N–H and O–H groups in total. The van der Waals surface area contributed by atoms with Gasteiger partial charge in [0.2, 0.25) is 0 Å². The van der Waals surface area contributed by atoms with Gasteiger partial charge in [0.15, 0.2) is 25.2 Å². The van der Waals surface area contributed by atoms with Crippen LogP contribution in [0.2, 0.25) is 0 Å². The molecule has 0 aromatic rings. The summed E-state index contributed by atoms with van der Waals surface area (Å²) in [5.41, 5.74) is -1.46. The molecule has 5 aliphatic heterocycles. The number of allylic oxidation sites excluding steroid dienone is 1. The first-order valence-corrected chi connectivity index (χ1v) is 27.7. The summed E-state index contributed by atoms with van der Waals surface area (Å²) in [6.07, 6.45) is -19.4. The van der Waals surface area contributed by atoms with Crippen LogP contribution in [0.3, 0.4) is 0 Å². The Hall–Kier alpha value is -1.10. The minimum Gasteiger partial charge on any atom is -0.396 e. The Morgan fingerprint density at radius 3 is 1.89 bits per heavy atom. The highest BCUT2D eigenvalue weighted by Crippen LogP contribution is 2.79. The van der Waals surface area contributed by atoms with Gasteiger partial charge < -0.3 is 104 Å². The summed E-state index contributed by atoms with van der Waals surface area (Å²) in [5, 5.41) is 143. The first-order chi connectivity index (χ1) is 35.2. The van der Waals surface area contributed by atoms with E-state index >= 15 is 0 Å². The maximum atomic E-state index is 11.8. The topological polar surface area (TPSA) is 337 Å². The van der Waals surface area contributed by atoms with E-state index in [9.17, 15) is 66.4 Å². The second-order valence-electron chi connectivity index (χ2n) is 26.6. The molecule has 5 aliphatic carbocycles. The molecule has 5 saturated heterocycles. The van der Waals surface area contributed by atoms with Gasteiger partial charge >= 0.3 is 0 Å². The average molecular weight is 1070 g/mol. The highest BCUT2D eigenvalue weighted by atomic mass is 16.8. The van der Waals surface area contributed by atoms with Crippen LogP contribution < -0.4 is 0 Å². The predicted molar refractivity (Wildman–Crippen MR) is 259 cm³/mol. The first-order valence-electron chi connectivity index (χ1n) is 27.7. The summed E-state index contributed by atoms with van der Waals surface area (Å²) in [7, 11) is 0. The zero-order valence-corrected chi connectivity index (χ0v) is 44.5. The molecule has 5 heterocycles. The van der Waals surface area contributed by atoms with Crippen LogP contribution in [0.4, 0.5) is 0 Å². The molecule has 430 valence electrons. The Kier molecular flexibility index (Phi) is 15.3. The molecule has 30 unspecified atom stereocenters. The van der Waals surface area contributed by atoms with Gasteiger partial charge in [0.25, 0.3) is 0 Å². The van der Waals surface area contributed by atoms with E-state index in [1.807, 2.05) is 6.92 Å². The molecule has 1 spiro atoms. The number of aliphatic hydroxyl groups is 13. The van der Waals surface area contributed by atoms with E-state index in [-0.39, 0.29) is 57.5 Å². The van der Waals surface area contributed by atoms with Crippen molar-refractivity contribution in [1.29, 1.82) is 0 Å². The van der Waals surface area contributed by atoms with Crippen LogP contribution in [0.1, 0.15) is 113 Å². The van der Waals surface area contributed by atoms with E-state index in [1.54, 1.807) is 0 Å². The highest BCUT2D eigenvalue weighted by Gasteiger charge is 2.77. The summed E-state index contributed by atoms with van der Waals surface area (Å²) in [6, 6.07) is 0. The molecular formula is C54H88O21. The van der Waals surface area contributed by atoms with Crippen molar-refractivity contribution in [3.8, 4) is 0 Å². The van der Waals surface area contributed by atoms with Crippen LogP contribution in [0.5, 0.6) is 0 Å². The zero-order chi connectivity index (χ0) is 54.3. The van der Waals surface area contributed by atoms with Crippen molar-refractivity contribution in [1.82, 2.24) is 0 Å². The Labute approximate surface area is 439 Å². The van der Waals surface area contributed by atoms with Gasteiger partial charge in [0, 0.05) is 22.7 Å². The second-order valence-corrected chi connectivity index (χ2v) is 26.6. The third kappa shape index (κ3) is 8.64. The van der Waals surface area contributed by atoms with Crippen molar-refractivity contribution in [2.24, 2.45) is 56.2 Å². The summed E-state index contributed by atoms with van der Waals surface area (Å²) in [6.45, 7) is 14.5. The highest BCUT2D eigenvalue weighted by molar-refractivity contribution is 5.35. The quantitative estimate of drug-likeness (QED) is 0.0879. The van der Waals surface area contributed by atoms with Crippen LogP contribution in [0, 0.1) is 56.2 Å². The van der Waals surface area contributed by atoms with E-state index in [2.05, 4.69) is 46.8 Å². The number of hydrogen-bond donors (Lipinski definition) is 13. The van der Waals surface area contributed by atoms with Crippen molar-refractivity contribution in [3.63, 3.8) is 0 Å². The smallest absolute Gasteiger partial charge is 0.187 e. The number of rotatable bonds is 11. The molecule has 0 aromatic carbocycles. The van der Waals surface area contributed by atoms with E-state index in [4.69, 9.17) is 37.9 Å². The Morgan fingerprint density at radius 2 is 1.20 bits per heavy atom. The largest absolute Gasteiger partial charge is 0.396 e. The van der Waals surface area contributed by atoms with Gasteiger partial charge in [0.1, 0.15) is 73.2 Å². The SMILES string of the molecule is CC1OC(OC2C(CO)OC(OC3C(O)C(O)OC(OC4CCC5(C)C(CCC6(C)C5C=CC57OCC8(CCC(C)(C)CC85)CCC67C)C4(C)CO)C3CC3OC(CO)C(O)C(O)C3O)C(O)C2O)C(O)C(O)C1O. The Morgan fingerprint density at radius 1 is 0.560 bits per heavy atom. The molecule has 10 rings (SSSR count). The summed E-state index contributed by atoms with van der Waals surface area (Å²) < 4.78 is 49.9. The van der Waals surface area contributed by atoms with Gasteiger partial charge in [-0.2, -0.15) is 0 Å². The number of hydrogen-bond acceptors (Lipinski definition) is 21. The molecule has 10 aliphatic rings. The standard InChI is InChI=1S/C54H88O21/c1-24-33(58)36(61)39(64)46(69-24)74-43-28(21-56)71-47(40(65)38(43)63)73-42-25(18-26-34(59)37(62)35(60)27(20-55)70-26)45(75-44(67)41(42)66)72-32-10-11-49(4)29(50(32,5)22-57)8-12-51(6)30(49)9-13-54-31-19-48(2,3)14-16-53(31,23-68-54)17-15-52(51,54)7/h9,13,24-47,55-67H,8,10-12,14-23H2,1-7H3. The monoisotopic (exact) mass is 1070 g/mol. The van der Waals surface area contributed by atoms with Crippen molar-refractivity contribution in [2.45, 2.75) is 241 Å². The van der Waals surface area contributed by atoms with Gasteiger partial charge in [-0.25, -0.2) is 0 Å². The lowest BCUT2D eigenvalue weighted by molar-refractivity contribution is -0.394. The fraction of sp³-hybridized carbons (Fsp3) is 0.963. The van der Waals surface area contributed by atoms with Crippen molar-refractivity contribution in [3.05, 3.63) is 12.2 Å². The second kappa shape index (κ2) is 20.1. The number of fused-ring (bicyclic) bond motifs is 4. The van der Waals surface area contributed by atoms with Crippen molar-refractivity contribution in [2.75, 3.05) is 26.4 Å². The summed E-state index contributed by atoms with van der Waals surface area (Å²) in [5.74, 6) is -0.816. The molecule has 0 aromatic heterocycles. The van der Waals surface area contributed by atoms with E-state index < -0.39 is 147 Å². The average Bonchev–Trinajstić information content (AvgIpc) is 3.61. The molecule has 21 nitrogen and oxygen atoms in total. The van der Waals surface area contributed by atoms with Gasteiger partial charge in [0.05, 0.1) is 56.4 Å². The van der Waals surface area contributed by atoms with Crippen LogP contribution in [-0.4, -0.2) is 221 Å². The van der Waals surface area contributed by atoms with Gasteiger partial charge in [-0.15, -0.1) is 0 Å². The lowest BCUT2D eigenvalue weighted by atomic mass is 9.32. The minimum atomic E-state index is -2.02. The molecule has 0 radical (unpaired) electrons. The molecule has 4 saturated carbocycles. The molecule has 75 heavy (non-hydrogen) atoms. The normalized spacial score (nSPS) is 58.3. The van der Waals surface area contributed by atoms with Crippen LogP contribution in [0.25, 0.3) is 0 Å². The van der Waals surface area contributed by atoms with Crippen LogP contribution in [-0.2, 0) is 37.9 Å². The predicted octanol–water partition coefficient (Wildman–Crippen LogP) is -0.924. The van der Waals surface area contributed by atoms with E-state index in [0.717, 1.165) is 38.7 Å². The Bertz CT molecular complexity index is 2070. The lowest BCUT2D eigenvalue weighted by Gasteiger charge is -2.73. The minimum absolute atomic E-state index is 0.0838. The lowest BCUT2D eigenvalue weighted by Crippen LogP contribution is -2.71. The molecule has 2 bridgehead atoms. The van der Waals surface area contributed by atoms with Gasteiger partial charge in [-0.05, 0) is 105 Å².